The summed E-state index contributed by atoms with van der Waals surface area (Å²) in [6.07, 6.45) is 0. The molecular weight excluding hydrogens is 258 g/mol. The molecule has 0 aliphatic rings. The molecule has 0 unspecified atom stereocenters. The Balaban J connectivity index is 2.10. The zero-order chi connectivity index (χ0) is 14.0. The number of nitrogens with zero attached hydrogens (tertiary/aromatic N) is 2. The van der Waals surface area contributed by atoms with Crippen LogP contribution >= 0.6 is 12.2 Å². The fourth-order valence-electron chi connectivity index (χ4n) is 2.04. The highest BCUT2D eigenvalue weighted by molar-refractivity contribution is 7.71. The van der Waals surface area contributed by atoms with Gasteiger partial charge in [0.15, 0.2) is 10.6 Å². The molecule has 0 fully saturated rings. The molecule has 1 aromatic carbocycles. The second kappa shape index (κ2) is 5.57. The number of rotatable bonds is 4. The molecule has 5 heteroatoms. The number of aromatic amines is 1. The third-order valence-corrected chi connectivity index (χ3v) is 3.57. The van der Waals surface area contributed by atoms with Crippen molar-refractivity contribution in [2.24, 2.45) is 7.05 Å². The second-order valence-corrected chi connectivity index (χ2v) is 5.35. The summed E-state index contributed by atoms with van der Waals surface area (Å²) in [5, 5.41) is 6.86. The van der Waals surface area contributed by atoms with E-state index < -0.39 is 0 Å². The first-order valence-corrected chi connectivity index (χ1v) is 6.73. The van der Waals surface area contributed by atoms with Gasteiger partial charge in [-0.15, -0.1) is 0 Å². The number of hydrogen-bond acceptors (Lipinski definition) is 3. The molecule has 0 saturated heterocycles. The predicted molar refractivity (Wildman–Crippen MR) is 78.0 cm³/mol. The zero-order valence-electron chi connectivity index (χ0n) is 11.7. The average molecular weight is 277 g/mol. The van der Waals surface area contributed by atoms with Crippen molar-refractivity contribution in [1.29, 1.82) is 0 Å². The van der Waals surface area contributed by atoms with Gasteiger partial charge < -0.3 is 9.30 Å². The standard InChI is InChI=1S/C14H19N3OS/c1-9(2)12-6-5-11(7-10(12)3)18-8-13-15-16-14(19)17(13)4/h5-7,9H,8H2,1-4H3,(H,16,19). The van der Waals surface area contributed by atoms with Crippen molar-refractivity contribution in [3.63, 3.8) is 0 Å². The highest BCUT2D eigenvalue weighted by Gasteiger charge is 2.06. The van der Waals surface area contributed by atoms with E-state index in [4.69, 9.17) is 17.0 Å². The van der Waals surface area contributed by atoms with E-state index in [1.165, 1.54) is 11.1 Å². The van der Waals surface area contributed by atoms with E-state index in [2.05, 4.69) is 43.1 Å². The number of benzene rings is 1. The number of nitrogens with one attached hydrogen (secondary N) is 1. The van der Waals surface area contributed by atoms with Crippen LogP contribution in [0.15, 0.2) is 18.2 Å². The third kappa shape index (κ3) is 3.04. The van der Waals surface area contributed by atoms with E-state index in [1.807, 2.05) is 17.7 Å². The van der Waals surface area contributed by atoms with E-state index in [0.717, 1.165) is 11.6 Å². The van der Waals surface area contributed by atoms with E-state index in [9.17, 15) is 0 Å². The molecule has 0 aliphatic carbocycles. The normalized spacial score (nSPS) is 11.0. The van der Waals surface area contributed by atoms with Crippen LogP contribution in [-0.2, 0) is 13.7 Å². The Labute approximate surface area is 118 Å². The van der Waals surface area contributed by atoms with Crippen molar-refractivity contribution in [2.75, 3.05) is 0 Å². The minimum Gasteiger partial charge on any atom is -0.486 e. The van der Waals surface area contributed by atoms with E-state index in [0.29, 0.717) is 17.3 Å². The number of ether oxygens (including phenoxy) is 1. The lowest BCUT2D eigenvalue weighted by Crippen LogP contribution is -2.04. The topological polar surface area (TPSA) is 42.8 Å². The molecule has 1 N–H and O–H groups in total. The minimum atomic E-state index is 0.407. The lowest BCUT2D eigenvalue weighted by Gasteiger charge is -2.12. The van der Waals surface area contributed by atoms with Crippen molar-refractivity contribution in [3.8, 4) is 5.75 Å². The monoisotopic (exact) mass is 277 g/mol. The van der Waals surface area contributed by atoms with Gasteiger partial charge in [0.05, 0.1) is 0 Å². The summed E-state index contributed by atoms with van der Waals surface area (Å²) in [5.41, 5.74) is 2.60. The number of hydrogen-bond donors (Lipinski definition) is 1. The molecule has 19 heavy (non-hydrogen) atoms. The van der Waals surface area contributed by atoms with Crippen LogP contribution in [0.2, 0.25) is 0 Å². The molecule has 2 aromatic rings. The lowest BCUT2D eigenvalue weighted by atomic mass is 9.98. The molecule has 0 bridgehead atoms. The van der Waals surface area contributed by atoms with Gasteiger partial charge >= 0.3 is 0 Å². The molecule has 102 valence electrons. The molecule has 0 atom stereocenters. The van der Waals surface area contributed by atoms with Crippen LogP contribution in [0.4, 0.5) is 0 Å². The Bertz CT molecular complexity index is 628. The Morgan fingerprint density at radius 1 is 1.42 bits per heavy atom. The largest absolute Gasteiger partial charge is 0.486 e. The maximum atomic E-state index is 5.75. The number of aromatic nitrogens is 3. The highest BCUT2D eigenvalue weighted by Crippen LogP contribution is 2.23. The first-order chi connectivity index (χ1) is 8.99. The summed E-state index contributed by atoms with van der Waals surface area (Å²) in [7, 11) is 1.87. The van der Waals surface area contributed by atoms with Gasteiger partial charge in [0, 0.05) is 7.05 Å². The summed E-state index contributed by atoms with van der Waals surface area (Å²) in [5.74, 6) is 2.17. The minimum absolute atomic E-state index is 0.407. The third-order valence-electron chi connectivity index (χ3n) is 3.20. The van der Waals surface area contributed by atoms with Crippen LogP contribution in [0.3, 0.4) is 0 Å². The average Bonchev–Trinajstić information content (AvgIpc) is 2.67. The van der Waals surface area contributed by atoms with Crippen LogP contribution in [0.25, 0.3) is 0 Å². The number of H-pyrrole nitrogens is 1. The highest BCUT2D eigenvalue weighted by atomic mass is 32.1. The summed E-state index contributed by atoms with van der Waals surface area (Å²) < 4.78 is 8.16. The van der Waals surface area contributed by atoms with Crippen molar-refractivity contribution in [1.82, 2.24) is 14.8 Å². The Morgan fingerprint density at radius 2 is 2.16 bits per heavy atom. The molecular formula is C14H19N3OS. The van der Waals surface area contributed by atoms with E-state index >= 15 is 0 Å². The molecule has 2 rings (SSSR count). The van der Waals surface area contributed by atoms with Crippen LogP contribution in [0, 0.1) is 11.7 Å². The molecule has 0 spiro atoms. The SMILES string of the molecule is Cc1cc(OCc2n[nH]c(=S)n2C)ccc1C(C)C. The van der Waals surface area contributed by atoms with Crippen molar-refractivity contribution in [2.45, 2.75) is 33.3 Å². The van der Waals surface area contributed by atoms with Crippen molar-refractivity contribution in [3.05, 3.63) is 39.9 Å². The summed E-state index contributed by atoms with van der Waals surface area (Å²) in [4.78, 5) is 0. The zero-order valence-corrected chi connectivity index (χ0v) is 12.5. The summed E-state index contributed by atoms with van der Waals surface area (Å²) >= 11 is 5.06. The van der Waals surface area contributed by atoms with Crippen molar-refractivity contribution >= 4 is 12.2 Å². The van der Waals surface area contributed by atoms with E-state index in [1.54, 1.807) is 0 Å². The number of aryl methyl sites for hydroxylation is 1. The van der Waals surface area contributed by atoms with Gasteiger partial charge in [-0.25, -0.2) is 0 Å². The van der Waals surface area contributed by atoms with Gasteiger partial charge in [-0.3, -0.25) is 5.10 Å². The molecule has 0 amide bonds. The fraction of sp³-hybridized carbons (Fsp3) is 0.429. The Hall–Kier alpha value is -1.62. The molecule has 0 saturated carbocycles. The first-order valence-electron chi connectivity index (χ1n) is 6.32. The van der Waals surface area contributed by atoms with Gasteiger partial charge in [0.1, 0.15) is 12.4 Å². The van der Waals surface area contributed by atoms with Gasteiger partial charge in [-0.1, -0.05) is 19.9 Å². The lowest BCUT2D eigenvalue weighted by molar-refractivity contribution is 0.291. The van der Waals surface area contributed by atoms with Crippen LogP contribution < -0.4 is 4.74 Å². The Kier molecular flexibility index (Phi) is 4.04. The fourth-order valence-corrected chi connectivity index (χ4v) is 2.19. The molecule has 0 radical (unpaired) electrons. The smallest absolute Gasteiger partial charge is 0.194 e. The van der Waals surface area contributed by atoms with Crippen LogP contribution in [0.5, 0.6) is 5.75 Å². The van der Waals surface area contributed by atoms with Crippen LogP contribution in [-0.4, -0.2) is 14.8 Å². The van der Waals surface area contributed by atoms with Gasteiger partial charge in [0.25, 0.3) is 0 Å². The first kappa shape index (κ1) is 13.8. The van der Waals surface area contributed by atoms with Gasteiger partial charge in [-0.05, 0) is 48.3 Å². The Morgan fingerprint density at radius 3 is 2.68 bits per heavy atom. The van der Waals surface area contributed by atoms with Gasteiger partial charge in [-0.2, -0.15) is 5.10 Å². The second-order valence-electron chi connectivity index (χ2n) is 4.97. The predicted octanol–water partition coefficient (Wildman–Crippen LogP) is 3.49. The molecule has 1 heterocycles. The summed E-state index contributed by atoms with van der Waals surface area (Å²) in [6.45, 7) is 6.90. The molecule has 0 aliphatic heterocycles. The maximum absolute atomic E-state index is 5.75. The molecule has 1 aromatic heterocycles. The summed E-state index contributed by atoms with van der Waals surface area (Å²) in [6, 6.07) is 6.19. The van der Waals surface area contributed by atoms with Crippen molar-refractivity contribution < 1.29 is 4.74 Å². The maximum Gasteiger partial charge on any atom is 0.194 e. The van der Waals surface area contributed by atoms with Crippen LogP contribution in [0.1, 0.15) is 36.7 Å². The van der Waals surface area contributed by atoms with Gasteiger partial charge in [0.2, 0.25) is 0 Å². The quantitative estimate of drug-likeness (QED) is 0.870. The molecule has 4 nitrogen and oxygen atoms in total. The van der Waals surface area contributed by atoms with E-state index in [-0.39, 0.29) is 0 Å².